The molecule has 14 aromatic rings. The zero-order valence-electron chi connectivity index (χ0n) is 41.0. The fraction of sp³-hybridized carbons (Fsp3) is 0.0137. The molecule has 0 aliphatic heterocycles. The van der Waals surface area contributed by atoms with Crippen LogP contribution < -0.4 is 4.90 Å². The van der Waals surface area contributed by atoms with Crippen molar-refractivity contribution >= 4 is 71.3 Å². The fourth-order valence-corrected chi connectivity index (χ4v) is 12.7. The molecule has 15 rings (SSSR count). The number of furan rings is 1. The van der Waals surface area contributed by atoms with Crippen molar-refractivity contribution in [1.29, 1.82) is 0 Å². The molecular weight excluding hydrogens is 907 g/mol. The smallest absolute Gasteiger partial charge is 0.136 e. The van der Waals surface area contributed by atoms with Crippen molar-refractivity contribution in [2.75, 3.05) is 4.90 Å². The molecule has 2 nitrogen and oxygen atoms in total. The van der Waals surface area contributed by atoms with E-state index >= 15 is 0 Å². The SMILES string of the molecule is c1ccc(-c2ccccc2-c2cccc(N(c3ccc4c(ccc5ccccc54)c3)c3cccc4c3-c3ccccc3C4(c3ccccc3)c3ccccc3)c2-c2cccc3oc4cc5ccccc5cc4c23)cc1. The van der Waals surface area contributed by atoms with Gasteiger partial charge in [-0.2, -0.15) is 0 Å². The van der Waals surface area contributed by atoms with Gasteiger partial charge in [-0.25, -0.2) is 0 Å². The number of anilines is 3. The Kier molecular flexibility index (Phi) is 9.83. The van der Waals surface area contributed by atoms with E-state index in [1.165, 1.54) is 65.9 Å². The Labute approximate surface area is 435 Å². The number of fused-ring (bicyclic) bond motifs is 10. The van der Waals surface area contributed by atoms with Gasteiger partial charge < -0.3 is 9.32 Å². The number of nitrogens with zero attached hydrogens (tertiary/aromatic N) is 1. The average Bonchev–Trinajstić information content (AvgIpc) is 4.16. The van der Waals surface area contributed by atoms with Crippen LogP contribution in [0.4, 0.5) is 17.1 Å². The van der Waals surface area contributed by atoms with Crippen molar-refractivity contribution in [3.8, 4) is 44.5 Å². The monoisotopic (exact) mass is 953 g/mol. The minimum atomic E-state index is -0.595. The molecule has 1 aliphatic rings. The molecule has 0 fully saturated rings. The lowest BCUT2D eigenvalue weighted by atomic mass is 9.68. The third kappa shape index (κ3) is 6.60. The van der Waals surface area contributed by atoms with E-state index in [1.54, 1.807) is 0 Å². The van der Waals surface area contributed by atoms with Gasteiger partial charge in [-0.3, -0.25) is 0 Å². The third-order valence-corrected chi connectivity index (χ3v) is 15.9. The Bertz CT molecular complexity index is 4490. The molecule has 2 heteroatoms. The zero-order chi connectivity index (χ0) is 49.5. The summed E-state index contributed by atoms with van der Waals surface area (Å²) < 4.78 is 6.91. The van der Waals surface area contributed by atoms with Gasteiger partial charge >= 0.3 is 0 Å². The maximum absolute atomic E-state index is 6.91. The Morgan fingerprint density at radius 3 is 1.61 bits per heavy atom. The minimum Gasteiger partial charge on any atom is -0.456 e. The van der Waals surface area contributed by atoms with Gasteiger partial charge in [0.1, 0.15) is 11.2 Å². The van der Waals surface area contributed by atoms with Crippen molar-refractivity contribution in [1.82, 2.24) is 0 Å². The molecule has 350 valence electrons. The summed E-state index contributed by atoms with van der Waals surface area (Å²) in [6.45, 7) is 0. The Morgan fingerprint density at radius 1 is 0.293 bits per heavy atom. The standard InChI is InChI=1S/C73H47NO/c1-4-21-48(22-5-1)57-31-14-15-32-59(57)60-34-18-38-66(70(60)62-35-19-40-68-71(62)63-46-50-24-10-11-25-51(50)47-69(63)75-68)74(55-43-44-58-52(45-55)42-41-49-23-12-13-30-56(49)58)67-39-20-37-65-72(67)61-33-16-17-36-64(61)73(65,53-26-6-2-7-27-53)54-28-8-3-9-29-54/h1-47H. The summed E-state index contributed by atoms with van der Waals surface area (Å²) in [6.07, 6.45) is 0. The van der Waals surface area contributed by atoms with E-state index in [0.717, 1.165) is 72.2 Å². The van der Waals surface area contributed by atoms with Gasteiger partial charge in [0.05, 0.1) is 16.8 Å². The highest BCUT2D eigenvalue weighted by atomic mass is 16.3. The van der Waals surface area contributed by atoms with Gasteiger partial charge in [0.2, 0.25) is 0 Å². The van der Waals surface area contributed by atoms with Crippen LogP contribution in [0.5, 0.6) is 0 Å². The van der Waals surface area contributed by atoms with Crippen LogP contribution >= 0.6 is 0 Å². The molecule has 0 N–H and O–H groups in total. The maximum Gasteiger partial charge on any atom is 0.136 e. The quantitative estimate of drug-likeness (QED) is 0.141. The first kappa shape index (κ1) is 42.9. The number of hydrogen-bond donors (Lipinski definition) is 0. The van der Waals surface area contributed by atoms with E-state index < -0.39 is 5.41 Å². The van der Waals surface area contributed by atoms with Crippen molar-refractivity contribution in [3.05, 3.63) is 307 Å². The molecule has 75 heavy (non-hydrogen) atoms. The van der Waals surface area contributed by atoms with E-state index in [1.807, 2.05) is 0 Å². The van der Waals surface area contributed by atoms with E-state index in [-0.39, 0.29) is 0 Å². The van der Waals surface area contributed by atoms with Gasteiger partial charge in [0.15, 0.2) is 0 Å². The first-order valence-electron chi connectivity index (χ1n) is 25.9. The van der Waals surface area contributed by atoms with Crippen LogP contribution in [0, 0.1) is 0 Å². The molecule has 0 spiro atoms. The lowest BCUT2D eigenvalue weighted by Gasteiger charge is -2.35. The number of benzene rings is 13. The average molecular weight is 954 g/mol. The fourth-order valence-electron chi connectivity index (χ4n) is 12.7. The summed E-state index contributed by atoms with van der Waals surface area (Å²) in [4.78, 5) is 2.57. The molecule has 0 saturated carbocycles. The van der Waals surface area contributed by atoms with Crippen molar-refractivity contribution in [2.24, 2.45) is 0 Å². The van der Waals surface area contributed by atoms with Crippen molar-refractivity contribution in [3.63, 3.8) is 0 Å². The van der Waals surface area contributed by atoms with E-state index in [4.69, 9.17) is 4.42 Å². The molecule has 0 amide bonds. The van der Waals surface area contributed by atoms with Gasteiger partial charge in [0, 0.05) is 27.6 Å². The van der Waals surface area contributed by atoms with Crippen LogP contribution in [0.25, 0.3) is 98.8 Å². The molecule has 0 saturated heterocycles. The first-order valence-corrected chi connectivity index (χ1v) is 25.9. The first-order chi connectivity index (χ1) is 37.2. The Hall–Kier alpha value is -9.76. The van der Waals surface area contributed by atoms with Crippen LogP contribution in [-0.2, 0) is 5.41 Å². The summed E-state index contributed by atoms with van der Waals surface area (Å²) in [5.74, 6) is 0. The van der Waals surface area contributed by atoms with E-state index in [9.17, 15) is 0 Å². The Morgan fingerprint density at radius 2 is 0.840 bits per heavy atom. The van der Waals surface area contributed by atoms with Crippen LogP contribution in [0.1, 0.15) is 22.3 Å². The molecule has 0 bridgehead atoms. The molecule has 1 heterocycles. The van der Waals surface area contributed by atoms with Crippen molar-refractivity contribution < 1.29 is 4.42 Å². The second-order valence-corrected chi connectivity index (χ2v) is 19.8. The predicted molar refractivity (Wildman–Crippen MR) is 315 cm³/mol. The summed E-state index contributed by atoms with van der Waals surface area (Å²) in [6, 6.07) is 105. The third-order valence-electron chi connectivity index (χ3n) is 15.9. The van der Waals surface area contributed by atoms with E-state index in [0.29, 0.717) is 0 Å². The summed E-state index contributed by atoms with van der Waals surface area (Å²) >= 11 is 0. The molecule has 1 aromatic heterocycles. The lowest BCUT2D eigenvalue weighted by molar-refractivity contribution is 0.669. The number of rotatable bonds is 8. The highest BCUT2D eigenvalue weighted by molar-refractivity contribution is 6.19. The van der Waals surface area contributed by atoms with Crippen LogP contribution in [0.15, 0.2) is 290 Å². The lowest BCUT2D eigenvalue weighted by Crippen LogP contribution is -2.28. The minimum absolute atomic E-state index is 0.595. The van der Waals surface area contributed by atoms with E-state index in [2.05, 4.69) is 290 Å². The summed E-state index contributed by atoms with van der Waals surface area (Å²) in [5, 5.41) is 9.37. The molecule has 1 aliphatic carbocycles. The second-order valence-electron chi connectivity index (χ2n) is 19.8. The zero-order valence-corrected chi connectivity index (χ0v) is 41.0. The number of hydrogen-bond acceptors (Lipinski definition) is 2. The molecule has 13 aromatic carbocycles. The topological polar surface area (TPSA) is 16.4 Å². The molecular formula is C73H47NO. The van der Waals surface area contributed by atoms with Gasteiger partial charge in [0.25, 0.3) is 0 Å². The van der Waals surface area contributed by atoms with Gasteiger partial charge in [-0.1, -0.05) is 243 Å². The molecule has 0 unspecified atom stereocenters. The molecule has 0 atom stereocenters. The second kappa shape index (κ2) is 17.2. The summed E-state index contributed by atoms with van der Waals surface area (Å²) in [7, 11) is 0. The van der Waals surface area contributed by atoms with Crippen LogP contribution in [0.2, 0.25) is 0 Å². The van der Waals surface area contributed by atoms with Crippen LogP contribution in [0.3, 0.4) is 0 Å². The van der Waals surface area contributed by atoms with Gasteiger partial charge in [-0.15, -0.1) is 0 Å². The predicted octanol–water partition coefficient (Wildman–Crippen LogP) is 19.9. The summed E-state index contributed by atoms with van der Waals surface area (Å²) in [5.41, 5.74) is 18.6. The van der Waals surface area contributed by atoms with Gasteiger partial charge in [-0.05, 0) is 130 Å². The highest BCUT2D eigenvalue weighted by Crippen LogP contribution is 2.61. The van der Waals surface area contributed by atoms with Crippen molar-refractivity contribution in [2.45, 2.75) is 5.41 Å². The Balaban J connectivity index is 1.10. The highest BCUT2D eigenvalue weighted by Gasteiger charge is 2.47. The normalized spacial score (nSPS) is 12.6. The van der Waals surface area contributed by atoms with Crippen LogP contribution in [-0.4, -0.2) is 0 Å². The largest absolute Gasteiger partial charge is 0.456 e. The maximum atomic E-state index is 6.91. The molecule has 0 radical (unpaired) electrons.